The fraction of sp³-hybridized carbons (Fsp3) is 0.438. The minimum absolute atomic E-state index is 0.0725. The zero-order chi connectivity index (χ0) is 15.8. The summed E-state index contributed by atoms with van der Waals surface area (Å²) in [7, 11) is 0. The van der Waals surface area contributed by atoms with Crippen molar-refractivity contribution >= 4 is 11.7 Å². The summed E-state index contributed by atoms with van der Waals surface area (Å²) in [5.41, 5.74) is 0.839. The fourth-order valence-corrected chi connectivity index (χ4v) is 2.52. The topological polar surface area (TPSA) is 40.5 Å². The van der Waals surface area contributed by atoms with Crippen LogP contribution in [0, 0.1) is 17.0 Å². The number of carboxylic acids is 1. The molecule has 1 aromatic rings. The Kier molecular flexibility index (Phi) is 4.03. The molecule has 1 N–H and O–H groups in total. The second-order valence-electron chi connectivity index (χ2n) is 6.24. The van der Waals surface area contributed by atoms with Gasteiger partial charge in [-0.1, -0.05) is 32.4 Å². The Balaban J connectivity index is 2.28. The molecule has 0 unspecified atom stereocenters. The molecular formula is C16H19F2NO2. The number of carbonyl (C=O) groups is 1. The Morgan fingerprint density at radius 3 is 2.38 bits per heavy atom. The van der Waals surface area contributed by atoms with E-state index in [1.165, 1.54) is 11.6 Å². The van der Waals surface area contributed by atoms with Crippen molar-refractivity contribution < 1.29 is 18.7 Å². The lowest BCUT2D eigenvalue weighted by atomic mass is 9.83. The average molecular weight is 295 g/mol. The SMILES string of the molecule is CC(C)(C)C1=CCN(c2ccc(C(=O)O)c(F)c2F)CC1. The molecule has 0 fully saturated rings. The van der Waals surface area contributed by atoms with Crippen molar-refractivity contribution in [3.8, 4) is 0 Å². The van der Waals surface area contributed by atoms with Gasteiger partial charge < -0.3 is 10.0 Å². The van der Waals surface area contributed by atoms with E-state index >= 15 is 0 Å². The van der Waals surface area contributed by atoms with Gasteiger partial charge in [0.05, 0.1) is 11.3 Å². The van der Waals surface area contributed by atoms with Gasteiger partial charge in [-0.2, -0.15) is 0 Å². The van der Waals surface area contributed by atoms with E-state index in [2.05, 4.69) is 20.8 Å². The predicted molar refractivity (Wildman–Crippen MR) is 77.7 cm³/mol. The van der Waals surface area contributed by atoms with Gasteiger partial charge in [0.2, 0.25) is 0 Å². The Bertz CT molecular complexity index is 603. The van der Waals surface area contributed by atoms with E-state index in [0.29, 0.717) is 13.1 Å². The second kappa shape index (κ2) is 5.47. The summed E-state index contributed by atoms with van der Waals surface area (Å²) in [4.78, 5) is 12.5. The first-order chi connectivity index (χ1) is 9.71. The molecule has 1 aliphatic rings. The first kappa shape index (κ1) is 15.5. The van der Waals surface area contributed by atoms with Crippen molar-refractivity contribution in [1.82, 2.24) is 0 Å². The van der Waals surface area contributed by atoms with Crippen molar-refractivity contribution in [1.29, 1.82) is 0 Å². The Labute approximate surface area is 122 Å². The van der Waals surface area contributed by atoms with Crippen molar-refractivity contribution in [2.75, 3.05) is 18.0 Å². The number of hydrogen-bond acceptors (Lipinski definition) is 2. The van der Waals surface area contributed by atoms with E-state index in [4.69, 9.17) is 5.11 Å². The highest BCUT2D eigenvalue weighted by molar-refractivity contribution is 5.88. The number of nitrogens with zero attached hydrogens (tertiary/aromatic N) is 1. The molecule has 0 aromatic heterocycles. The number of benzene rings is 1. The lowest BCUT2D eigenvalue weighted by molar-refractivity contribution is 0.0690. The lowest BCUT2D eigenvalue weighted by Gasteiger charge is -2.33. The summed E-state index contributed by atoms with van der Waals surface area (Å²) in [6.07, 6.45) is 2.82. The number of aromatic carboxylic acids is 1. The van der Waals surface area contributed by atoms with Gasteiger partial charge in [-0.3, -0.25) is 0 Å². The Morgan fingerprint density at radius 1 is 1.24 bits per heavy atom. The van der Waals surface area contributed by atoms with E-state index in [9.17, 15) is 13.6 Å². The third-order valence-corrected chi connectivity index (χ3v) is 3.81. The van der Waals surface area contributed by atoms with Crippen LogP contribution in [0.3, 0.4) is 0 Å². The molecule has 3 nitrogen and oxygen atoms in total. The van der Waals surface area contributed by atoms with Crippen molar-refractivity contribution in [2.45, 2.75) is 27.2 Å². The number of hydrogen-bond donors (Lipinski definition) is 1. The van der Waals surface area contributed by atoms with Crippen LogP contribution in [-0.4, -0.2) is 24.2 Å². The summed E-state index contributed by atoms with van der Waals surface area (Å²) in [6.45, 7) is 7.45. The first-order valence-electron chi connectivity index (χ1n) is 6.87. The Morgan fingerprint density at radius 2 is 1.90 bits per heavy atom. The van der Waals surface area contributed by atoms with Gasteiger partial charge in [-0.15, -0.1) is 0 Å². The molecule has 0 radical (unpaired) electrons. The molecule has 0 atom stereocenters. The molecule has 0 saturated carbocycles. The summed E-state index contributed by atoms with van der Waals surface area (Å²) >= 11 is 0. The smallest absolute Gasteiger partial charge is 0.338 e. The molecule has 21 heavy (non-hydrogen) atoms. The van der Waals surface area contributed by atoms with Gasteiger partial charge in [-0.25, -0.2) is 13.6 Å². The van der Waals surface area contributed by atoms with Gasteiger partial charge in [0.1, 0.15) is 0 Å². The average Bonchev–Trinajstić information content (AvgIpc) is 2.40. The molecule has 5 heteroatoms. The van der Waals surface area contributed by atoms with Crippen LogP contribution in [0.25, 0.3) is 0 Å². The summed E-state index contributed by atoms with van der Waals surface area (Å²) in [5.74, 6) is -3.86. The Hall–Kier alpha value is -1.91. The van der Waals surface area contributed by atoms with Gasteiger partial charge in [0.25, 0.3) is 0 Å². The molecule has 0 spiro atoms. The third kappa shape index (κ3) is 3.06. The number of carboxylic acid groups (broad SMARTS) is 1. The highest BCUT2D eigenvalue weighted by Gasteiger charge is 2.25. The molecule has 0 amide bonds. The maximum absolute atomic E-state index is 14.0. The summed E-state index contributed by atoms with van der Waals surface area (Å²) < 4.78 is 27.8. The van der Waals surface area contributed by atoms with E-state index in [1.807, 2.05) is 6.08 Å². The second-order valence-corrected chi connectivity index (χ2v) is 6.24. The van der Waals surface area contributed by atoms with Crippen molar-refractivity contribution in [3.05, 3.63) is 41.0 Å². The normalized spacial score (nSPS) is 15.9. The fourth-order valence-electron chi connectivity index (χ4n) is 2.52. The van der Waals surface area contributed by atoms with Crippen LogP contribution in [0.2, 0.25) is 0 Å². The molecule has 1 heterocycles. The van der Waals surface area contributed by atoms with Gasteiger partial charge in [0, 0.05) is 13.1 Å². The van der Waals surface area contributed by atoms with Crippen LogP contribution in [-0.2, 0) is 0 Å². The minimum atomic E-state index is -1.47. The van der Waals surface area contributed by atoms with E-state index < -0.39 is 23.2 Å². The van der Waals surface area contributed by atoms with Gasteiger partial charge in [-0.05, 0) is 24.0 Å². The van der Waals surface area contributed by atoms with E-state index in [-0.39, 0.29) is 11.1 Å². The predicted octanol–water partition coefficient (Wildman–Crippen LogP) is 3.85. The number of halogens is 2. The van der Waals surface area contributed by atoms with Gasteiger partial charge in [0.15, 0.2) is 11.6 Å². The van der Waals surface area contributed by atoms with Crippen LogP contribution in [0.4, 0.5) is 14.5 Å². The number of anilines is 1. The zero-order valence-corrected chi connectivity index (χ0v) is 12.4. The standard InChI is InChI=1S/C16H19F2NO2/c1-16(2,3)10-6-8-19(9-7-10)12-5-4-11(15(20)21)13(17)14(12)18/h4-6H,7-9H2,1-3H3,(H,20,21). The summed E-state index contributed by atoms with van der Waals surface area (Å²) in [6, 6.07) is 2.44. The van der Waals surface area contributed by atoms with Crippen LogP contribution < -0.4 is 4.90 Å². The quantitative estimate of drug-likeness (QED) is 0.843. The maximum atomic E-state index is 14.0. The molecular weight excluding hydrogens is 276 g/mol. The monoisotopic (exact) mass is 295 g/mol. The van der Waals surface area contributed by atoms with Crippen LogP contribution in [0.5, 0.6) is 0 Å². The van der Waals surface area contributed by atoms with Gasteiger partial charge >= 0.3 is 5.97 Å². The van der Waals surface area contributed by atoms with Crippen LogP contribution >= 0.6 is 0 Å². The molecule has 114 valence electrons. The van der Waals surface area contributed by atoms with Crippen molar-refractivity contribution in [2.24, 2.45) is 5.41 Å². The molecule has 1 aromatic carbocycles. The first-order valence-corrected chi connectivity index (χ1v) is 6.87. The highest BCUT2D eigenvalue weighted by atomic mass is 19.2. The van der Waals surface area contributed by atoms with Crippen molar-refractivity contribution in [3.63, 3.8) is 0 Å². The third-order valence-electron chi connectivity index (χ3n) is 3.81. The maximum Gasteiger partial charge on any atom is 0.338 e. The van der Waals surface area contributed by atoms with E-state index in [1.54, 1.807) is 4.90 Å². The molecule has 1 aliphatic heterocycles. The zero-order valence-electron chi connectivity index (χ0n) is 12.4. The van der Waals surface area contributed by atoms with E-state index in [0.717, 1.165) is 12.5 Å². The summed E-state index contributed by atoms with van der Waals surface area (Å²) in [5, 5.41) is 8.79. The highest BCUT2D eigenvalue weighted by Crippen LogP contribution is 2.33. The molecule has 0 bridgehead atoms. The molecule has 0 saturated heterocycles. The molecule has 2 rings (SSSR count). The molecule has 0 aliphatic carbocycles. The number of rotatable bonds is 2. The minimum Gasteiger partial charge on any atom is -0.478 e. The van der Waals surface area contributed by atoms with Crippen LogP contribution in [0.15, 0.2) is 23.8 Å². The van der Waals surface area contributed by atoms with Crippen LogP contribution in [0.1, 0.15) is 37.6 Å². The largest absolute Gasteiger partial charge is 0.478 e. The lowest BCUT2D eigenvalue weighted by Crippen LogP contribution is -2.32.